The number of benzene rings is 1. The quantitative estimate of drug-likeness (QED) is 0.471. The number of rotatable bonds is 3. The highest BCUT2D eigenvalue weighted by atomic mass is 32.2. The van der Waals surface area contributed by atoms with Crippen LogP contribution in [0.4, 0.5) is 14.5 Å². The van der Waals surface area contributed by atoms with Crippen LogP contribution >= 0.6 is 0 Å². The number of anilines is 1. The van der Waals surface area contributed by atoms with E-state index in [0.717, 1.165) is 69.4 Å². The Morgan fingerprint density at radius 2 is 1.66 bits per heavy atom. The van der Waals surface area contributed by atoms with Gasteiger partial charge < -0.3 is 20.4 Å². The zero-order chi connectivity index (χ0) is 25.3. The largest absolute Gasteiger partial charge is 0.486 e. The van der Waals surface area contributed by atoms with Crippen LogP contribution in [0.1, 0.15) is 44.9 Å². The van der Waals surface area contributed by atoms with Gasteiger partial charge in [0.1, 0.15) is 17.3 Å². The molecule has 1 unspecified atom stereocenters. The van der Waals surface area contributed by atoms with Gasteiger partial charge in [-0.25, -0.2) is 17.3 Å². The molecule has 4 rings (SSSR count). The Bertz CT molecular complexity index is 1040. The summed E-state index contributed by atoms with van der Waals surface area (Å²) >= 11 is 0. The SMILES string of the molecule is C=S1(=O)/C=C/CCCCCCCCOC(C(=O)Nc2cc(F)cc(F)c2)=C(C=N)N2CCN1CC2. The fourth-order valence-corrected chi connectivity index (χ4v) is 5.55. The molecule has 1 fully saturated rings. The number of amides is 1. The van der Waals surface area contributed by atoms with Gasteiger partial charge in [0.05, 0.1) is 6.61 Å². The second-order valence-electron chi connectivity index (χ2n) is 8.71. The Morgan fingerprint density at radius 3 is 2.31 bits per heavy atom. The molecule has 1 saturated heterocycles. The van der Waals surface area contributed by atoms with Crippen LogP contribution in [0.5, 0.6) is 0 Å². The molecular formula is C25H34F2N4O3S. The molecule has 3 aliphatic rings. The molecule has 1 atom stereocenters. The van der Waals surface area contributed by atoms with Gasteiger partial charge >= 0.3 is 0 Å². The van der Waals surface area contributed by atoms with Crippen molar-refractivity contribution in [1.29, 1.82) is 5.41 Å². The summed E-state index contributed by atoms with van der Waals surface area (Å²) in [5, 5.41) is 12.2. The molecular weight excluding hydrogens is 474 g/mol. The Kier molecular flexibility index (Phi) is 9.85. The van der Waals surface area contributed by atoms with Crippen molar-refractivity contribution in [1.82, 2.24) is 9.21 Å². The highest BCUT2D eigenvalue weighted by molar-refractivity contribution is 8.00. The number of hydrogen-bond acceptors (Lipinski definition) is 5. The van der Waals surface area contributed by atoms with Crippen LogP contribution in [0.25, 0.3) is 0 Å². The Labute approximate surface area is 206 Å². The maximum atomic E-state index is 13.6. The Hall–Kier alpha value is -2.72. The molecule has 7 nitrogen and oxygen atoms in total. The fraction of sp³-hybridized carbons (Fsp3) is 0.480. The third kappa shape index (κ3) is 7.90. The van der Waals surface area contributed by atoms with Crippen LogP contribution < -0.4 is 5.32 Å². The third-order valence-electron chi connectivity index (χ3n) is 6.03. The summed E-state index contributed by atoms with van der Waals surface area (Å²) in [6, 6.07) is 2.76. The lowest BCUT2D eigenvalue weighted by Gasteiger charge is -2.37. The molecule has 1 aromatic rings. The van der Waals surface area contributed by atoms with Gasteiger partial charge in [-0.05, 0) is 37.3 Å². The second-order valence-corrected chi connectivity index (χ2v) is 10.9. The van der Waals surface area contributed by atoms with Crippen LogP contribution in [0.3, 0.4) is 0 Å². The van der Waals surface area contributed by atoms with E-state index in [1.165, 1.54) is 0 Å². The molecule has 2 bridgehead atoms. The lowest BCUT2D eigenvalue weighted by Crippen LogP contribution is -2.48. The molecule has 1 aromatic carbocycles. The summed E-state index contributed by atoms with van der Waals surface area (Å²) in [5.74, 6) is 1.54. The monoisotopic (exact) mass is 508 g/mol. The standard InChI is InChI=1S/C25H34F2N4O3S/c1-35(33)15-9-7-5-3-2-4-6-8-14-34-24(23(19-28)30-10-12-31(35)13-11-30)25(32)29-22-17-20(26)16-21(27)18-22/h9,15-19,28H,1-8,10-14H2,(H,29,32)/b15-9+,24-23?,28-19?. The molecule has 3 aliphatic heterocycles. The highest BCUT2D eigenvalue weighted by Crippen LogP contribution is 2.20. The maximum Gasteiger partial charge on any atom is 0.293 e. The fourth-order valence-electron chi connectivity index (χ4n) is 4.16. The minimum atomic E-state index is -2.55. The molecule has 0 radical (unpaired) electrons. The van der Waals surface area contributed by atoms with E-state index in [1.807, 2.05) is 15.3 Å². The van der Waals surface area contributed by atoms with E-state index in [9.17, 15) is 17.8 Å². The number of nitrogens with one attached hydrogen (secondary N) is 2. The van der Waals surface area contributed by atoms with Crippen molar-refractivity contribution in [2.24, 2.45) is 0 Å². The molecule has 10 heteroatoms. The summed E-state index contributed by atoms with van der Waals surface area (Å²) in [6.45, 7) is 1.99. The summed E-state index contributed by atoms with van der Waals surface area (Å²) in [7, 11) is -2.55. The van der Waals surface area contributed by atoms with Crippen LogP contribution in [-0.2, 0) is 19.2 Å². The summed E-state index contributed by atoms with van der Waals surface area (Å²) in [5.41, 5.74) is 0.229. The van der Waals surface area contributed by atoms with Crippen molar-refractivity contribution in [3.8, 4) is 0 Å². The van der Waals surface area contributed by atoms with Crippen molar-refractivity contribution in [2.45, 2.75) is 44.9 Å². The van der Waals surface area contributed by atoms with E-state index in [0.29, 0.717) is 26.2 Å². The highest BCUT2D eigenvalue weighted by Gasteiger charge is 2.27. The molecule has 0 aromatic heterocycles. The van der Waals surface area contributed by atoms with Gasteiger partial charge in [-0.2, -0.15) is 0 Å². The number of ether oxygens (including phenoxy) is 1. The summed E-state index contributed by atoms with van der Waals surface area (Å²) in [6.07, 6.45) is 9.79. The summed E-state index contributed by atoms with van der Waals surface area (Å²) in [4.78, 5) is 14.9. The first-order valence-corrected chi connectivity index (χ1v) is 13.7. The summed E-state index contributed by atoms with van der Waals surface area (Å²) < 4.78 is 48.0. The number of carbonyl (C=O) groups excluding carboxylic acids is 1. The number of carbonyl (C=O) groups is 1. The molecule has 192 valence electrons. The lowest BCUT2D eigenvalue weighted by molar-refractivity contribution is -0.116. The van der Waals surface area contributed by atoms with Crippen molar-refractivity contribution in [2.75, 3.05) is 38.1 Å². The van der Waals surface area contributed by atoms with Crippen molar-refractivity contribution in [3.63, 3.8) is 0 Å². The Morgan fingerprint density at radius 1 is 1.03 bits per heavy atom. The predicted octanol–water partition coefficient (Wildman–Crippen LogP) is 4.29. The second kappa shape index (κ2) is 12.8. The zero-order valence-electron chi connectivity index (χ0n) is 19.9. The first-order valence-electron chi connectivity index (χ1n) is 12.0. The van der Waals surface area contributed by atoms with Gasteiger partial charge in [-0.1, -0.05) is 31.8 Å². The van der Waals surface area contributed by atoms with Crippen LogP contribution in [-0.4, -0.2) is 64.2 Å². The van der Waals surface area contributed by atoms with Crippen molar-refractivity contribution < 1.29 is 22.5 Å². The number of allylic oxidation sites excluding steroid dienone is 2. The molecule has 35 heavy (non-hydrogen) atoms. The zero-order valence-corrected chi connectivity index (χ0v) is 20.8. The van der Waals surface area contributed by atoms with E-state index >= 15 is 0 Å². The van der Waals surface area contributed by atoms with Crippen LogP contribution in [0.15, 0.2) is 41.1 Å². The molecule has 0 aliphatic carbocycles. The molecule has 0 spiro atoms. The number of halogens is 2. The van der Waals surface area contributed by atoms with E-state index in [4.69, 9.17) is 10.1 Å². The van der Waals surface area contributed by atoms with Gasteiger partial charge in [-0.3, -0.25) is 4.79 Å². The average molecular weight is 509 g/mol. The topological polar surface area (TPSA) is 85.7 Å². The molecule has 1 amide bonds. The van der Waals surface area contributed by atoms with Crippen molar-refractivity contribution >= 4 is 33.4 Å². The number of nitrogens with zero attached hydrogens (tertiary/aromatic N) is 2. The maximum absolute atomic E-state index is 13.6. The van der Waals surface area contributed by atoms with Crippen LogP contribution in [0.2, 0.25) is 0 Å². The van der Waals surface area contributed by atoms with E-state index in [2.05, 4.69) is 11.2 Å². The number of hydrogen-bond donors (Lipinski definition) is 2. The first kappa shape index (κ1) is 26.9. The predicted molar refractivity (Wildman–Crippen MR) is 137 cm³/mol. The van der Waals surface area contributed by atoms with Gasteiger partial charge in [-0.15, -0.1) is 0 Å². The molecule has 3 heterocycles. The van der Waals surface area contributed by atoms with E-state index in [1.54, 1.807) is 5.41 Å². The number of piperazine rings is 1. The molecule has 2 N–H and O–H groups in total. The van der Waals surface area contributed by atoms with Gasteiger partial charge in [0.2, 0.25) is 5.76 Å². The van der Waals surface area contributed by atoms with Crippen LogP contribution in [0, 0.1) is 17.0 Å². The van der Waals surface area contributed by atoms with Gasteiger partial charge in [0.25, 0.3) is 5.91 Å². The average Bonchev–Trinajstić information content (AvgIpc) is 2.80. The third-order valence-corrected chi connectivity index (χ3v) is 7.89. The van der Waals surface area contributed by atoms with E-state index < -0.39 is 27.2 Å². The van der Waals surface area contributed by atoms with Gasteiger partial charge in [0, 0.05) is 59.3 Å². The normalized spacial score (nSPS) is 25.8. The van der Waals surface area contributed by atoms with Crippen molar-refractivity contribution in [3.05, 3.63) is 52.8 Å². The smallest absolute Gasteiger partial charge is 0.293 e. The first-order chi connectivity index (χ1) is 16.8. The van der Waals surface area contributed by atoms with E-state index in [-0.39, 0.29) is 23.8 Å². The van der Waals surface area contributed by atoms with Gasteiger partial charge in [0.15, 0.2) is 0 Å². The molecule has 0 saturated carbocycles. The number of fused-ring (bicyclic) bond motifs is 13. The lowest BCUT2D eigenvalue weighted by atomic mass is 10.1. The minimum absolute atomic E-state index is 0.0409. The Balaban J connectivity index is 1.85. The minimum Gasteiger partial charge on any atom is -0.486 e.